The first kappa shape index (κ1) is 10.7. The molecule has 1 unspecified atom stereocenters. The molecular weight excluding hydrogens is 182 g/mol. The molecule has 0 amide bonds. The molecule has 3 heteroatoms. The summed E-state index contributed by atoms with van der Waals surface area (Å²) in [5.74, 6) is 0. The quantitative estimate of drug-likeness (QED) is 0.710. The van der Waals surface area contributed by atoms with Gasteiger partial charge in [-0.3, -0.25) is 0 Å². The topological polar surface area (TPSA) is 21.3 Å². The average Bonchev–Trinajstić information content (AvgIpc) is 2.65. The monoisotopic (exact) mass is 199 g/mol. The van der Waals surface area contributed by atoms with Gasteiger partial charge in [-0.2, -0.15) is 0 Å². The SMILES string of the molecule is CCC(NCCOC)c1cccs1. The summed E-state index contributed by atoms with van der Waals surface area (Å²) in [5, 5.41) is 5.58. The summed E-state index contributed by atoms with van der Waals surface area (Å²) in [6.07, 6.45) is 1.13. The van der Waals surface area contributed by atoms with Gasteiger partial charge in [-0.05, 0) is 17.9 Å². The van der Waals surface area contributed by atoms with Gasteiger partial charge in [-0.15, -0.1) is 11.3 Å². The number of hydrogen-bond donors (Lipinski definition) is 1. The molecule has 1 N–H and O–H groups in total. The number of nitrogens with one attached hydrogen (secondary N) is 1. The maximum absolute atomic E-state index is 4.99. The maximum atomic E-state index is 4.99. The molecule has 1 heterocycles. The summed E-state index contributed by atoms with van der Waals surface area (Å²) in [7, 11) is 1.73. The van der Waals surface area contributed by atoms with E-state index in [1.807, 2.05) is 11.3 Å². The van der Waals surface area contributed by atoms with Crippen molar-refractivity contribution in [3.05, 3.63) is 22.4 Å². The Balaban J connectivity index is 2.35. The van der Waals surface area contributed by atoms with Crippen molar-refractivity contribution in [3.8, 4) is 0 Å². The summed E-state index contributed by atoms with van der Waals surface area (Å²) in [6, 6.07) is 4.77. The lowest BCUT2D eigenvalue weighted by atomic mass is 10.2. The third kappa shape index (κ3) is 3.46. The predicted octanol–water partition coefficient (Wildman–Crippen LogP) is 2.44. The molecule has 1 aromatic heterocycles. The van der Waals surface area contributed by atoms with Crippen molar-refractivity contribution in [3.63, 3.8) is 0 Å². The van der Waals surface area contributed by atoms with Gasteiger partial charge in [0.1, 0.15) is 0 Å². The van der Waals surface area contributed by atoms with Crippen LogP contribution < -0.4 is 5.32 Å². The van der Waals surface area contributed by atoms with E-state index in [1.165, 1.54) is 4.88 Å². The van der Waals surface area contributed by atoms with Crippen molar-refractivity contribution in [2.24, 2.45) is 0 Å². The van der Waals surface area contributed by atoms with Crippen LogP contribution in [-0.2, 0) is 4.74 Å². The van der Waals surface area contributed by atoms with Crippen molar-refractivity contribution in [2.75, 3.05) is 20.3 Å². The Morgan fingerprint density at radius 2 is 2.46 bits per heavy atom. The van der Waals surface area contributed by atoms with Gasteiger partial charge < -0.3 is 10.1 Å². The Bertz CT molecular complexity index is 211. The Morgan fingerprint density at radius 3 is 3.00 bits per heavy atom. The van der Waals surface area contributed by atoms with Crippen LogP contribution in [0.25, 0.3) is 0 Å². The molecule has 0 saturated heterocycles. The second-order valence-electron chi connectivity index (χ2n) is 2.92. The van der Waals surface area contributed by atoms with Crippen molar-refractivity contribution >= 4 is 11.3 Å². The molecule has 0 aromatic carbocycles. The van der Waals surface area contributed by atoms with Gasteiger partial charge in [0.2, 0.25) is 0 Å². The lowest BCUT2D eigenvalue weighted by Crippen LogP contribution is -2.23. The van der Waals surface area contributed by atoms with E-state index >= 15 is 0 Å². The second kappa shape index (κ2) is 6.13. The minimum Gasteiger partial charge on any atom is -0.383 e. The Morgan fingerprint density at radius 1 is 1.62 bits per heavy atom. The van der Waals surface area contributed by atoms with E-state index < -0.39 is 0 Å². The van der Waals surface area contributed by atoms with Crippen LogP contribution in [0.2, 0.25) is 0 Å². The fourth-order valence-electron chi connectivity index (χ4n) is 1.27. The number of methoxy groups -OCH3 is 1. The number of rotatable bonds is 6. The highest BCUT2D eigenvalue weighted by atomic mass is 32.1. The minimum absolute atomic E-state index is 0.496. The Hall–Kier alpha value is -0.380. The molecule has 1 atom stereocenters. The zero-order chi connectivity index (χ0) is 9.52. The Kier molecular flexibility index (Phi) is 5.05. The zero-order valence-corrected chi connectivity index (χ0v) is 9.06. The highest BCUT2D eigenvalue weighted by Crippen LogP contribution is 2.21. The normalized spacial score (nSPS) is 13.1. The molecule has 0 aliphatic carbocycles. The van der Waals surface area contributed by atoms with Crippen LogP contribution in [0.15, 0.2) is 17.5 Å². The molecule has 13 heavy (non-hydrogen) atoms. The highest BCUT2D eigenvalue weighted by Gasteiger charge is 2.07. The smallest absolute Gasteiger partial charge is 0.0587 e. The van der Waals surface area contributed by atoms with E-state index in [-0.39, 0.29) is 0 Å². The van der Waals surface area contributed by atoms with Gasteiger partial charge in [-0.1, -0.05) is 13.0 Å². The van der Waals surface area contributed by atoms with Gasteiger partial charge in [0.15, 0.2) is 0 Å². The third-order valence-corrected chi connectivity index (χ3v) is 2.98. The van der Waals surface area contributed by atoms with Crippen LogP contribution in [0.1, 0.15) is 24.3 Å². The van der Waals surface area contributed by atoms with Gasteiger partial charge in [0.25, 0.3) is 0 Å². The van der Waals surface area contributed by atoms with Crippen molar-refractivity contribution in [1.82, 2.24) is 5.32 Å². The minimum atomic E-state index is 0.496. The summed E-state index contributed by atoms with van der Waals surface area (Å²) < 4.78 is 4.99. The maximum Gasteiger partial charge on any atom is 0.0587 e. The summed E-state index contributed by atoms with van der Waals surface area (Å²) >= 11 is 1.81. The molecule has 0 fully saturated rings. The van der Waals surface area contributed by atoms with Crippen LogP contribution in [0, 0.1) is 0 Å². The van der Waals surface area contributed by atoms with Crippen LogP contribution in [0.5, 0.6) is 0 Å². The zero-order valence-electron chi connectivity index (χ0n) is 8.25. The fraction of sp³-hybridized carbons (Fsp3) is 0.600. The van der Waals surface area contributed by atoms with E-state index in [4.69, 9.17) is 4.74 Å². The molecule has 0 spiro atoms. The van der Waals surface area contributed by atoms with Gasteiger partial charge in [-0.25, -0.2) is 0 Å². The molecule has 0 aliphatic heterocycles. The summed E-state index contributed by atoms with van der Waals surface area (Å²) in [4.78, 5) is 1.42. The fourth-order valence-corrected chi connectivity index (χ4v) is 2.16. The molecular formula is C10H17NOS. The first-order valence-corrected chi connectivity index (χ1v) is 5.52. The van der Waals surface area contributed by atoms with E-state index in [0.29, 0.717) is 6.04 Å². The van der Waals surface area contributed by atoms with Gasteiger partial charge in [0, 0.05) is 24.6 Å². The summed E-state index contributed by atoms with van der Waals surface area (Å²) in [6.45, 7) is 3.90. The number of thiophene rings is 1. The molecule has 0 saturated carbocycles. The molecule has 0 bridgehead atoms. The van der Waals surface area contributed by atoms with E-state index in [1.54, 1.807) is 7.11 Å². The predicted molar refractivity (Wildman–Crippen MR) is 57.2 cm³/mol. The van der Waals surface area contributed by atoms with Crippen LogP contribution in [0.4, 0.5) is 0 Å². The first-order chi connectivity index (χ1) is 6.38. The first-order valence-electron chi connectivity index (χ1n) is 4.64. The van der Waals surface area contributed by atoms with Gasteiger partial charge >= 0.3 is 0 Å². The van der Waals surface area contributed by atoms with Crippen molar-refractivity contribution in [1.29, 1.82) is 0 Å². The largest absolute Gasteiger partial charge is 0.383 e. The van der Waals surface area contributed by atoms with Crippen LogP contribution in [0.3, 0.4) is 0 Å². The molecule has 0 aliphatic rings. The number of hydrogen-bond acceptors (Lipinski definition) is 3. The lowest BCUT2D eigenvalue weighted by molar-refractivity contribution is 0.195. The van der Waals surface area contributed by atoms with Crippen molar-refractivity contribution < 1.29 is 4.74 Å². The van der Waals surface area contributed by atoms with Crippen LogP contribution >= 0.6 is 11.3 Å². The van der Waals surface area contributed by atoms with Crippen LogP contribution in [-0.4, -0.2) is 20.3 Å². The highest BCUT2D eigenvalue weighted by molar-refractivity contribution is 7.10. The van der Waals surface area contributed by atoms with E-state index in [9.17, 15) is 0 Å². The standard InChI is InChI=1S/C10H17NOS/c1-3-9(11-6-7-12-2)10-5-4-8-13-10/h4-5,8-9,11H,3,6-7H2,1-2H3. The Labute approximate surface area is 83.9 Å². The molecule has 1 rings (SSSR count). The molecule has 74 valence electrons. The number of ether oxygens (including phenoxy) is 1. The third-order valence-electron chi connectivity index (χ3n) is 1.99. The van der Waals surface area contributed by atoms with Crippen molar-refractivity contribution in [2.45, 2.75) is 19.4 Å². The van der Waals surface area contributed by atoms with Gasteiger partial charge in [0.05, 0.1) is 6.61 Å². The average molecular weight is 199 g/mol. The van der Waals surface area contributed by atoms with E-state index in [2.05, 4.69) is 29.8 Å². The lowest BCUT2D eigenvalue weighted by Gasteiger charge is -2.14. The second-order valence-corrected chi connectivity index (χ2v) is 3.90. The summed E-state index contributed by atoms with van der Waals surface area (Å²) in [5.41, 5.74) is 0. The van der Waals surface area contributed by atoms with E-state index in [0.717, 1.165) is 19.6 Å². The molecule has 1 aromatic rings. The molecule has 0 radical (unpaired) electrons. The molecule has 2 nitrogen and oxygen atoms in total.